The van der Waals surface area contributed by atoms with Crippen LogP contribution in [-0.4, -0.2) is 52.0 Å². The minimum atomic E-state index is -0.991. The quantitative estimate of drug-likeness (QED) is 0.616. The van der Waals surface area contributed by atoms with Crippen LogP contribution >= 0.6 is 0 Å². The average molecular weight is 395 g/mol. The molecule has 6 nitrogen and oxygen atoms in total. The molecule has 0 aromatic heterocycles. The predicted octanol–water partition coefficient (Wildman–Crippen LogP) is 1.69. The number of ether oxygens (including phenoxy) is 1. The Morgan fingerprint density at radius 1 is 1.25 bits per heavy atom. The second-order valence-electron chi connectivity index (χ2n) is 10.7. The van der Waals surface area contributed by atoms with E-state index in [4.69, 9.17) is 4.74 Å². The molecular weight excluding hydrogens is 360 g/mol. The molecule has 0 saturated heterocycles. The molecule has 2 bridgehead atoms. The summed E-state index contributed by atoms with van der Waals surface area (Å²) < 4.78 is 5.77. The molecule has 0 amide bonds. The molecule has 3 N–H and O–H groups in total. The SMILES string of the molecule is CC(=O)O[C@H]1C[C@@H]2[C@@H](O)[C@@]3(CC[C@@H]4C(C)(C)C[C@H](O)C[C@@]4(CO)[C@H]13)C(=O)[C@@H]2C. The van der Waals surface area contributed by atoms with E-state index < -0.39 is 41.0 Å². The van der Waals surface area contributed by atoms with Crippen LogP contribution in [-0.2, 0) is 14.3 Å². The Bertz CT molecular complexity index is 689. The van der Waals surface area contributed by atoms with Crippen LogP contribution in [0.25, 0.3) is 0 Å². The van der Waals surface area contributed by atoms with E-state index in [1.54, 1.807) is 0 Å². The summed E-state index contributed by atoms with van der Waals surface area (Å²) in [4.78, 5) is 25.4. The zero-order valence-electron chi connectivity index (χ0n) is 17.4. The Labute approximate surface area is 166 Å². The van der Waals surface area contributed by atoms with E-state index in [-0.39, 0.29) is 35.6 Å². The number of hydrogen-bond acceptors (Lipinski definition) is 6. The second-order valence-corrected chi connectivity index (χ2v) is 10.7. The maximum atomic E-state index is 13.5. The standard InChI is InChI=1S/C22H34O6/c1-11-14-7-15(28-12(2)24)17-21(10-23)9-13(25)8-20(3,4)16(21)5-6-22(17,18(11)26)19(14)27/h11,13-17,19,23,25,27H,5-10H2,1-4H3/t11-,13+,14+,15+,16-,17+,19-,21+,22-/m1/s1. The fraction of sp³-hybridized carbons (Fsp3) is 0.909. The van der Waals surface area contributed by atoms with E-state index >= 15 is 0 Å². The van der Waals surface area contributed by atoms with Crippen molar-refractivity contribution in [2.45, 2.75) is 78.1 Å². The van der Waals surface area contributed by atoms with Crippen molar-refractivity contribution < 1.29 is 29.6 Å². The van der Waals surface area contributed by atoms with Gasteiger partial charge in [-0.15, -0.1) is 0 Å². The van der Waals surface area contributed by atoms with Gasteiger partial charge in [-0.1, -0.05) is 20.8 Å². The lowest BCUT2D eigenvalue weighted by Crippen LogP contribution is -2.68. The monoisotopic (exact) mass is 394 g/mol. The summed E-state index contributed by atoms with van der Waals surface area (Å²) >= 11 is 0. The summed E-state index contributed by atoms with van der Waals surface area (Å²) in [6, 6.07) is 0. The summed E-state index contributed by atoms with van der Waals surface area (Å²) in [6.45, 7) is 7.29. The molecular formula is C22H34O6. The van der Waals surface area contributed by atoms with Gasteiger partial charge in [0, 0.05) is 30.8 Å². The first kappa shape index (κ1) is 20.3. The first-order valence-corrected chi connectivity index (χ1v) is 10.7. The predicted molar refractivity (Wildman–Crippen MR) is 101 cm³/mol. The van der Waals surface area contributed by atoms with Gasteiger partial charge in [0.1, 0.15) is 11.9 Å². The largest absolute Gasteiger partial charge is 0.462 e. The third kappa shape index (κ3) is 2.37. The number of rotatable bonds is 2. The van der Waals surface area contributed by atoms with Crippen molar-refractivity contribution in [1.82, 2.24) is 0 Å². The van der Waals surface area contributed by atoms with Crippen LogP contribution in [0.4, 0.5) is 0 Å². The normalized spacial score (nSPS) is 52.0. The molecule has 1 spiro atoms. The Balaban J connectivity index is 1.91. The third-order valence-electron chi connectivity index (χ3n) is 8.97. The molecule has 0 heterocycles. The highest BCUT2D eigenvalue weighted by molar-refractivity contribution is 5.91. The molecule has 0 aromatic rings. The number of esters is 1. The number of fused-ring (bicyclic) bond motifs is 3. The number of Topliss-reactive ketones (excluding diaryl/α,β-unsaturated/α-hetero) is 1. The van der Waals surface area contributed by atoms with Gasteiger partial charge in [0.15, 0.2) is 0 Å². The van der Waals surface area contributed by atoms with Crippen molar-refractivity contribution in [3.05, 3.63) is 0 Å². The van der Waals surface area contributed by atoms with Gasteiger partial charge in [0.2, 0.25) is 0 Å². The summed E-state index contributed by atoms with van der Waals surface area (Å²) in [6.07, 6.45) is 0.858. The van der Waals surface area contributed by atoms with E-state index in [1.165, 1.54) is 6.92 Å². The van der Waals surface area contributed by atoms with E-state index in [0.29, 0.717) is 25.7 Å². The van der Waals surface area contributed by atoms with Crippen molar-refractivity contribution in [3.8, 4) is 0 Å². The van der Waals surface area contributed by atoms with Crippen molar-refractivity contribution >= 4 is 11.8 Å². The minimum absolute atomic E-state index is 0.0498. The fourth-order valence-electron chi connectivity index (χ4n) is 8.32. The summed E-state index contributed by atoms with van der Waals surface area (Å²) in [5.41, 5.74) is -1.95. The molecule has 4 aliphatic rings. The zero-order chi connectivity index (χ0) is 20.6. The van der Waals surface area contributed by atoms with Crippen molar-refractivity contribution in [2.24, 2.45) is 39.9 Å². The zero-order valence-corrected chi connectivity index (χ0v) is 17.4. The Morgan fingerprint density at radius 2 is 1.93 bits per heavy atom. The average Bonchev–Trinajstić information content (AvgIpc) is 2.70. The van der Waals surface area contributed by atoms with Crippen molar-refractivity contribution in [3.63, 3.8) is 0 Å². The number of carbonyl (C=O) groups excluding carboxylic acids is 2. The Kier molecular flexibility index (Phi) is 4.54. The van der Waals surface area contributed by atoms with Gasteiger partial charge in [0.05, 0.1) is 17.6 Å². The Hall–Kier alpha value is -0.980. The van der Waals surface area contributed by atoms with E-state index in [0.717, 1.165) is 6.42 Å². The summed E-state index contributed by atoms with van der Waals surface area (Å²) in [5.74, 6) is -1.23. The van der Waals surface area contributed by atoms with Crippen molar-refractivity contribution in [2.75, 3.05) is 6.61 Å². The molecule has 4 aliphatic carbocycles. The highest BCUT2D eigenvalue weighted by Crippen LogP contribution is 2.71. The van der Waals surface area contributed by atoms with Gasteiger partial charge >= 0.3 is 5.97 Å². The van der Waals surface area contributed by atoms with Crippen LogP contribution in [0.5, 0.6) is 0 Å². The van der Waals surface area contributed by atoms with Gasteiger partial charge < -0.3 is 20.1 Å². The molecule has 28 heavy (non-hydrogen) atoms. The first-order valence-electron chi connectivity index (χ1n) is 10.7. The van der Waals surface area contributed by atoms with Gasteiger partial charge in [-0.3, -0.25) is 9.59 Å². The number of aliphatic hydroxyl groups is 3. The maximum absolute atomic E-state index is 13.5. The molecule has 4 rings (SSSR count). The molecule has 0 unspecified atom stereocenters. The van der Waals surface area contributed by atoms with Crippen LogP contribution in [0.2, 0.25) is 0 Å². The van der Waals surface area contributed by atoms with Crippen molar-refractivity contribution in [1.29, 1.82) is 0 Å². The van der Waals surface area contributed by atoms with Gasteiger partial charge in [0.25, 0.3) is 0 Å². The molecule has 0 aromatic carbocycles. The Morgan fingerprint density at radius 3 is 2.54 bits per heavy atom. The number of hydrogen-bond donors (Lipinski definition) is 3. The fourth-order valence-corrected chi connectivity index (χ4v) is 8.32. The number of ketones is 1. The second kappa shape index (κ2) is 6.26. The van der Waals surface area contributed by atoms with E-state index in [2.05, 4.69) is 13.8 Å². The van der Waals surface area contributed by atoms with E-state index in [9.17, 15) is 24.9 Å². The lowest BCUT2D eigenvalue weighted by atomic mass is 9.39. The minimum Gasteiger partial charge on any atom is -0.462 e. The van der Waals surface area contributed by atoms with Crippen LogP contribution in [0, 0.1) is 39.9 Å². The lowest BCUT2D eigenvalue weighted by molar-refractivity contribution is -0.248. The van der Waals surface area contributed by atoms with Gasteiger partial charge in [-0.25, -0.2) is 0 Å². The summed E-state index contributed by atoms with van der Waals surface area (Å²) in [5, 5.41) is 32.7. The third-order valence-corrected chi connectivity index (χ3v) is 8.97. The van der Waals surface area contributed by atoms with Crippen LogP contribution in [0.1, 0.15) is 59.8 Å². The smallest absolute Gasteiger partial charge is 0.302 e. The number of aliphatic hydroxyl groups excluding tert-OH is 3. The molecule has 0 radical (unpaired) electrons. The molecule has 4 saturated carbocycles. The first-order chi connectivity index (χ1) is 13.0. The molecule has 9 atom stereocenters. The van der Waals surface area contributed by atoms with Gasteiger partial charge in [-0.05, 0) is 49.4 Å². The summed E-state index contributed by atoms with van der Waals surface area (Å²) in [7, 11) is 0. The van der Waals surface area contributed by atoms with E-state index in [1.807, 2.05) is 6.92 Å². The molecule has 6 heteroatoms. The van der Waals surface area contributed by atoms with Crippen LogP contribution in [0.3, 0.4) is 0 Å². The molecule has 0 aliphatic heterocycles. The molecule has 158 valence electrons. The number of carbonyl (C=O) groups is 2. The highest BCUT2D eigenvalue weighted by Gasteiger charge is 2.75. The molecule has 4 fully saturated rings. The highest BCUT2D eigenvalue weighted by atomic mass is 16.5. The lowest BCUT2D eigenvalue weighted by Gasteiger charge is -2.66. The van der Waals surface area contributed by atoms with Crippen LogP contribution in [0.15, 0.2) is 0 Å². The maximum Gasteiger partial charge on any atom is 0.302 e. The topological polar surface area (TPSA) is 104 Å². The van der Waals surface area contributed by atoms with Gasteiger partial charge in [-0.2, -0.15) is 0 Å². The van der Waals surface area contributed by atoms with Crippen LogP contribution < -0.4 is 0 Å².